The van der Waals surface area contributed by atoms with Crippen molar-refractivity contribution in [3.63, 3.8) is 0 Å². The molecule has 0 spiro atoms. The Hall–Kier alpha value is -2.57. The van der Waals surface area contributed by atoms with Crippen molar-refractivity contribution in [1.29, 1.82) is 0 Å². The minimum atomic E-state index is -0.918. The van der Waals surface area contributed by atoms with Crippen LogP contribution < -0.4 is 10.2 Å². The lowest BCUT2D eigenvalue weighted by molar-refractivity contribution is -0.138. The number of amides is 1. The standard InChI is InChI=1S/C16H31NO3.C9H11NO2/c1-2-3-4-5-6-7-8-9-10-11-14-17-15(18)12-13-16(19)20;1-10(2)8-5-3-7(4-6-8)9(11)12/h2-14H2,1H3,(H,17,18)(H,19,20);3-6H,1-2H3,(H,11,12). The summed E-state index contributed by atoms with van der Waals surface area (Å²) in [6.45, 7) is 2.91. The molecule has 0 heterocycles. The molecule has 0 unspecified atom stereocenters. The van der Waals surface area contributed by atoms with Crippen molar-refractivity contribution in [2.45, 2.75) is 84.0 Å². The molecule has 0 aliphatic heterocycles. The Morgan fingerprint density at radius 2 is 1.28 bits per heavy atom. The molecule has 0 bridgehead atoms. The molecule has 182 valence electrons. The van der Waals surface area contributed by atoms with Crippen LogP contribution in [0.2, 0.25) is 0 Å². The summed E-state index contributed by atoms with van der Waals surface area (Å²) in [6, 6.07) is 6.75. The lowest BCUT2D eigenvalue weighted by atomic mass is 10.1. The van der Waals surface area contributed by atoms with Crippen LogP contribution in [0.5, 0.6) is 0 Å². The molecule has 0 aromatic heterocycles. The topological polar surface area (TPSA) is 107 Å². The monoisotopic (exact) mass is 450 g/mol. The second kappa shape index (κ2) is 19.1. The fourth-order valence-corrected chi connectivity index (χ4v) is 3.05. The van der Waals surface area contributed by atoms with Gasteiger partial charge in [0.05, 0.1) is 12.0 Å². The first-order chi connectivity index (χ1) is 15.3. The molecule has 7 nitrogen and oxygen atoms in total. The van der Waals surface area contributed by atoms with E-state index in [1.54, 1.807) is 24.3 Å². The van der Waals surface area contributed by atoms with Crippen LogP contribution in [0.15, 0.2) is 24.3 Å². The Bertz CT molecular complexity index is 644. The van der Waals surface area contributed by atoms with E-state index in [2.05, 4.69) is 12.2 Å². The number of carbonyl (C=O) groups is 3. The Morgan fingerprint density at radius 3 is 1.72 bits per heavy atom. The molecule has 1 aromatic rings. The predicted octanol–water partition coefficient (Wildman–Crippen LogP) is 5.34. The van der Waals surface area contributed by atoms with Gasteiger partial charge in [0.2, 0.25) is 5.91 Å². The van der Waals surface area contributed by atoms with Crippen LogP contribution in [-0.2, 0) is 9.59 Å². The number of carboxylic acids is 2. The molecule has 1 rings (SSSR count). The maximum atomic E-state index is 11.2. The van der Waals surface area contributed by atoms with Gasteiger partial charge in [0.25, 0.3) is 0 Å². The molecule has 1 amide bonds. The number of carbonyl (C=O) groups excluding carboxylic acids is 1. The van der Waals surface area contributed by atoms with Crippen molar-refractivity contribution in [2.75, 3.05) is 25.5 Å². The maximum Gasteiger partial charge on any atom is 0.335 e. The fourth-order valence-electron chi connectivity index (χ4n) is 3.05. The van der Waals surface area contributed by atoms with Gasteiger partial charge in [-0.15, -0.1) is 0 Å². The molecule has 1 aromatic carbocycles. The van der Waals surface area contributed by atoms with E-state index in [0.29, 0.717) is 12.1 Å². The predicted molar refractivity (Wildman–Crippen MR) is 129 cm³/mol. The average molecular weight is 451 g/mol. The van der Waals surface area contributed by atoms with Gasteiger partial charge in [0, 0.05) is 32.7 Å². The van der Waals surface area contributed by atoms with E-state index >= 15 is 0 Å². The molecule has 0 aliphatic carbocycles. The molecule has 0 saturated heterocycles. The summed E-state index contributed by atoms with van der Waals surface area (Å²) in [5, 5.41) is 19.8. The third-order valence-electron chi connectivity index (χ3n) is 5.05. The van der Waals surface area contributed by atoms with Crippen molar-refractivity contribution in [3.05, 3.63) is 29.8 Å². The third-order valence-corrected chi connectivity index (χ3v) is 5.05. The summed E-state index contributed by atoms with van der Waals surface area (Å²) in [4.78, 5) is 33.9. The second-order valence-corrected chi connectivity index (χ2v) is 8.17. The van der Waals surface area contributed by atoms with Crippen LogP contribution in [-0.4, -0.2) is 48.7 Å². The number of nitrogens with one attached hydrogen (secondary N) is 1. The molecule has 0 fully saturated rings. The Labute approximate surface area is 193 Å². The summed E-state index contributed by atoms with van der Waals surface area (Å²) in [5.41, 5.74) is 1.32. The number of benzene rings is 1. The number of hydrogen-bond donors (Lipinski definition) is 3. The highest BCUT2D eigenvalue weighted by Gasteiger charge is 2.04. The van der Waals surface area contributed by atoms with E-state index in [0.717, 1.165) is 18.5 Å². The van der Waals surface area contributed by atoms with E-state index in [1.807, 2.05) is 19.0 Å². The molecular weight excluding hydrogens is 408 g/mol. The number of anilines is 1. The smallest absolute Gasteiger partial charge is 0.335 e. The number of aliphatic carboxylic acids is 1. The highest BCUT2D eigenvalue weighted by atomic mass is 16.4. The Kier molecular flexibility index (Phi) is 17.6. The van der Waals surface area contributed by atoms with Gasteiger partial charge in [-0.1, -0.05) is 64.7 Å². The van der Waals surface area contributed by atoms with E-state index in [9.17, 15) is 14.4 Å². The third kappa shape index (κ3) is 17.1. The molecule has 0 radical (unpaired) electrons. The minimum Gasteiger partial charge on any atom is -0.481 e. The Morgan fingerprint density at radius 1 is 0.781 bits per heavy atom. The molecule has 3 N–H and O–H groups in total. The quantitative estimate of drug-likeness (QED) is 0.294. The van der Waals surface area contributed by atoms with E-state index in [4.69, 9.17) is 10.2 Å². The largest absolute Gasteiger partial charge is 0.481 e. The van der Waals surface area contributed by atoms with Gasteiger partial charge in [0.1, 0.15) is 0 Å². The zero-order chi connectivity index (χ0) is 24.2. The normalized spacial score (nSPS) is 10.1. The summed E-state index contributed by atoms with van der Waals surface area (Å²) in [6.07, 6.45) is 12.8. The van der Waals surface area contributed by atoms with Gasteiger partial charge in [-0.05, 0) is 30.7 Å². The van der Waals surface area contributed by atoms with E-state index in [1.165, 1.54) is 51.4 Å². The number of hydrogen-bond acceptors (Lipinski definition) is 4. The van der Waals surface area contributed by atoms with Gasteiger partial charge >= 0.3 is 11.9 Å². The first-order valence-electron chi connectivity index (χ1n) is 11.8. The first kappa shape index (κ1) is 29.4. The second-order valence-electron chi connectivity index (χ2n) is 8.17. The number of nitrogens with zero attached hydrogens (tertiary/aromatic N) is 1. The highest BCUT2D eigenvalue weighted by molar-refractivity contribution is 5.88. The van der Waals surface area contributed by atoms with E-state index in [-0.39, 0.29) is 18.7 Å². The Balaban J connectivity index is 0.000000677. The zero-order valence-electron chi connectivity index (χ0n) is 20.1. The lowest BCUT2D eigenvalue weighted by Crippen LogP contribution is -2.24. The molecule has 0 aliphatic rings. The van der Waals surface area contributed by atoms with Crippen LogP contribution in [0, 0.1) is 0 Å². The van der Waals surface area contributed by atoms with Gasteiger partial charge in [-0.25, -0.2) is 4.79 Å². The molecule has 7 heteroatoms. The number of rotatable bonds is 16. The molecule has 0 saturated carbocycles. The van der Waals surface area contributed by atoms with Crippen molar-refractivity contribution < 1.29 is 24.6 Å². The molecule has 32 heavy (non-hydrogen) atoms. The maximum absolute atomic E-state index is 11.2. The van der Waals surface area contributed by atoms with Crippen LogP contribution in [0.4, 0.5) is 5.69 Å². The number of aromatic carboxylic acids is 1. The van der Waals surface area contributed by atoms with Crippen molar-refractivity contribution in [1.82, 2.24) is 5.32 Å². The van der Waals surface area contributed by atoms with Crippen molar-refractivity contribution >= 4 is 23.5 Å². The fraction of sp³-hybridized carbons (Fsp3) is 0.640. The van der Waals surface area contributed by atoms with E-state index < -0.39 is 11.9 Å². The zero-order valence-corrected chi connectivity index (χ0v) is 20.1. The van der Waals surface area contributed by atoms with Gasteiger partial charge in [-0.3, -0.25) is 9.59 Å². The van der Waals surface area contributed by atoms with Gasteiger partial charge in [-0.2, -0.15) is 0 Å². The summed E-state index contributed by atoms with van der Waals surface area (Å²) in [5.74, 6) is -1.96. The highest BCUT2D eigenvalue weighted by Crippen LogP contribution is 2.12. The van der Waals surface area contributed by atoms with Crippen LogP contribution in [0.1, 0.15) is 94.3 Å². The lowest BCUT2D eigenvalue weighted by Gasteiger charge is -2.11. The summed E-state index contributed by atoms with van der Waals surface area (Å²) >= 11 is 0. The average Bonchev–Trinajstić information content (AvgIpc) is 2.76. The van der Waals surface area contributed by atoms with Crippen LogP contribution in [0.25, 0.3) is 0 Å². The first-order valence-corrected chi connectivity index (χ1v) is 11.8. The SMILES string of the molecule is CCCCCCCCCCCCNC(=O)CCC(=O)O.CN(C)c1ccc(C(=O)O)cc1. The van der Waals surface area contributed by atoms with Gasteiger partial charge < -0.3 is 20.4 Å². The molecule has 0 atom stereocenters. The number of carboxylic acid groups (broad SMARTS) is 2. The number of unbranched alkanes of at least 4 members (excludes halogenated alkanes) is 9. The minimum absolute atomic E-state index is 0.0795. The van der Waals surface area contributed by atoms with Gasteiger partial charge in [0.15, 0.2) is 0 Å². The van der Waals surface area contributed by atoms with Crippen LogP contribution in [0.3, 0.4) is 0 Å². The summed E-state index contributed by atoms with van der Waals surface area (Å²) < 4.78 is 0. The van der Waals surface area contributed by atoms with Crippen molar-refractivity contribution in [3.8, 4) is 0 Å². The van der Waals surface area contributed by atoms with Crippen molar-refractivity contribution in [2.24, 2.45) is 0 Å². The van der Waals surface area contributed by atoms with Crippen LogP contribution >= 0.6 is 0 Å². The summed E-state index contributed by atoms with van der Waals surface area (Å²) in [7, 11) is 3.82. The molecular formula is C25H42N2O5.